The number of para-hydroxylation sites is 1. The Hall–Kier alpha value is -3.96. The minimum Gasteiger partial charge on any atom is -0.506 e. The second kappa shape index (κ2) is 19.3. The van der Waals surface area contributed by atoms with Crippen LogP contribution in [0.2, 0.25) is 0 Å². The van der Waals surface area contributed by atoms with Crippen molar-refractivity contribution in [2.75, 3.05) is 16.8 Å². The molecule has 2 aliphatic rings. The number of rotatable bonds is 9. The summed E-state index contributed by atoms with van der Waals surface area (Å²) in [5, 5.41) is 49.9. The van der Waals surface area contributed by atoms with Gasteiger partial charge in [-0.3, -0.25) is 4.79 Å². The van der Waals surface area contributed by atoms with Crippen molar-refractivity contribution in [2.24, 2.45) is 0 Å². The largest absolute Gasteiger partial charge is 0.506 e. The number of carboxylic acid groups (broad SMARTS) is 1. The molecule has 2 aliphatic heterocycles. The molecule has 2 aromatic carbocycles. The van der Waals surface area contributed by atoms with E-state index in [2.05, 4.69) is 57.3 Å². The van der Waals surface area contributed by atoms with Crippen LogP contribution in [0.15, 0.2) is 65.3 Å². The number of fused-ring (bicyclic) bond motifs is 2. The maximum atomic E-state index is 13.6. The van der Waals surface area contributed by atoms with E-state index in [0.29, 0.717) is 17.8 Å². The van der Waals surface area contributed by atoms with Crippen molar-refractivity contribution in [3.8, 4) is 5.75 Å². The van der Waals surface area contributed by atoms with Crippen molar-refractivity contribution in [2.45, 2.75) is 119 Å². The Balaban J connectivity index is 0.000000464. The Morgan fingerprint density at radius 1 is 0.898 bits per heavy atom. The highest BCUT2D eigenvalue weighted by Gasteiger charge is 2.45. The number of aliphatic carboxylic acids is 1. The van der Waals surface area contributed by atoms with Crippen LogP contribution in [0, 0.1) is 13.8 Å². The number of aliphatic hydroxyl groups is 3. The fraction of sp³-hybridized carbons (Fsp3) is 0.487. The average molecular weight is 681 g/mol. The number of aliphatic hydroxyl groups excluding tert-OH is 3. The molecule has 270 valence electrons. The second-order valence-corrected chi connectivity index (χ2v) is 12.7. The number of hydrogen-bond acceptors (Lipinski definition) is 8. The molecule has 10 nitrogen and oxygen atoms in total. The molecular formula is C39H56N2O8. The first-order valence-corrected chi connectivity index (χ1v) is 17.0. The quantitative estimate of drug-likeness (QED) is 0.120. The number of amides is 1. The summed E-state index contributed by atoms with van der Waals surface area (Å²) in [5.41, 5.74) is 8.85. The third-order valence-corrected chi connectivity index (χ3v) is 8.36. The molecule has 1 amide bonds. The van der Waals surface area contributed by atoms with Crippen LogP contribution < -0.4 is 10.2 Å². The van der Waals surface area contributed by atoms with Gasteiger partial charge in [-0.1, -0.05) is 60.9 Å². The molecule has 6 N–H and O–H groups in total. The number of ether oxygens (including phenoxy) is 1. The molecule has 49 heavy (non-hydrogen) atoms. The topological polar surface area (TPSA) is 160 Å². The van der Waals surface area contributed by atoms with Gasteiger partial charge in [0.05, 0.1) is 28.7 Å². The summed E-state index contributed by atoms with van der Waals surface area (Å²) in [6.45, 7) is 18.6. The van der Waals surface area contributed by atoms with Gasteiger partial charge < -0.3 is 40.5 Å². The van der Waals surface area contributed by atoms with Crippen LogP contribution in [0.5, 0.6) is 5.75 Å². The number of nitrogens with one attached hydrogen (secondary N) is 1. The minimum absolute atomic E-state index is 0.0806. The van der Waals surface area contributed by atoms with Gasteiger partial charge in [0, 0.05) is 6.54 Å². The molecule has 0 saturated carbocycles. The highest BCUT2D eigenvalue weighted by Crippen LogP contribution is 2.42. The van der Waals surface area contributed by atoms with Gasteiger partial charge in [-0.25, -0.2) is 4.79 Å². The number of phenols is 1. The van der Waals surface area contributed by atoms with Crippen molar-refractivity contribution < 1.29 is 39.9 Å². The number of aromatic hydroxyl groups is 1. The number of carbonyl (C=O) groups excluding carboxylic acids is 1. The van der Waals surface area contributed by atoms with Crippen LogP contribution in [-0.4, -0.2) is 74.5 Å². The van der Waals surface area contributed by atoms with Gasteiger partial charge in [0.1, 0.15) is 24.1 Å². The summed E-state index contributed by atoms with van der Waals surface area (Å²) in [4.78, 5) is 25.9. The van der Waals surface area contributed by atoms with Gasteiger partial charge in [0.2, 0.25) is 0 Å². The molecule has 2 heterocycles. The Morgan fingerprint density at radius 3 is 2.12 bits per heavy atom. The minimum atomic E-state index is -1.59. The molecule has 10 heteroatoms. The average Bonchev–Trinajstić information content (AvgIpc) is 3.16. The Morgan fingerprint density at radius 2 is 1.51 bits per heavy atom. The van der Waals surface area contributed by atoms with E-state index >= 15 is 0 Å². The molecule has 2 aromatic rings. The SMILES string of the molecule is CC.CC(C)=CCC/C(C)=C/CC/C(C)=C/CN1C(=O)c2cccc(O)c2Nc2c(C)cc(C)cc21.C[C@H]1O[C@H](C(=O)O)[C@@H](O)[C@H](O)[C@H]1O. The second-order valence-electron chi connectivity index (χ2n) is 12.7. The standard InChI is InChI=1S/C30H38N2O2.C7H12O6.C2H6/c1-20(2)10-7-11-21(3)12-8-13-22(4)16-17-32-26-19-23(5)18-24(6)28(26)31-29-25(30(32)34)14-9-15-27(29)33;1-2-3(8)4(9)5(10)6(13-2)7(11)12;1-2/h9-10,12,14-16,18-19,31,33H,7-8,11,13,17H2,1-6H3;2-6,8-10H,1H3,(H,11,12);1-2H3/b21-12+,22-16+;;/t;2-,3+,4-,5+,6+;/m.1./s1. The number of carboxylic acids is 1. The number of carbonyl (C=O) groups is 2. The smallest absolute Gasteiger partial charge is 0.335 e. The first kappa shape index (κ1) is 41.2. The fourth-order valence-corrected chi connectivity index (χ4v) is 5.57. The number of hydrogen-bond donors (Lipinski definition) is 6. The summed E-state index contributed by atoms with van der Waals surface area (Å²) >= 11 is 0. The van der Waals surface area contributed by atoms with Crippen LogP contribution >= 0.6 is 0 Å². The van der Waals surface area contributed by atoms with Crippen LogP contribution in [-0.2, 0) is 9.53 Å². The molecule has 0 unspecified atom stereocenters. The Bertz CT molecular complexity index is 1530. The summed E-state index contributed by atoms with van der Waals surface area (Å²) in [7, 11) is 0. The van der Waals surface area contributed by atoms with E-state index in [1.54, 1.807) is 18.2 Å². The van der Waals surface area contributed by atoms with Crippen molar-refractivity contribution in [3.05, 3.63) is 82.0 Å². The van der Waals surface area contributed by atoms with Gasteiger partial charge in [-0.05, 0) is 103 Å². The molecule has 5 atom stereocenters. The van der Waals surface area contributed by atoms with Gasteiger partial charge in [-0.15, -0.1) is 0 Å². The zero-order chi connectivity index (χ0) is 37.0. The number of allylic oxidation sites excluding steroid dienone is 5. The van der Waals surface area contributed by atoms with Gasteiger partial charge in [0.25, 0.3) is 5.91 Å². The van der Waals surface area contributed by atoms with Gasteiger partial charge in [0.15, 0.2) is 6.10 Å². The Labute approximate surface area is 291 Å². The first-order chi connectivity index (χ1) is 23.1. The lowest BCUT2D eigenvalue weighted by atomic mass is 9.96. The monoisotopic (exact) mass is 680 g/mol. The van der Waals surface area contributed by atoms with Crippen LogP contribution in [0.3, 0.4) is 0 Å². The lowest BCUT2D eigenvalue weighted by Gasteiger charge is -2.37. The van der Waals surface area contributed by atoms with Crippen molar-refractivity contribution in [1.29, 1.82) is 0 Å². The third-order valence-electron chi connectivity index (χ3n) is 8.36. The molecule has 4 rings (SSSR count). The van der Waals surface area contributed by atoms with E-state index in [9.17, 15) is 30.0 Å². The summed E-state index contributed by atoms with van der Waals surface area (Å²) in [5.74, 6) is -1.39. The van der Waals surface area contributed by atoms with Crippen LogP contribution in [0.1, 0.15) is 95.6 Å². The summed E-state index contributed by atoms with van der Waals surface area (Å²) in [6, 6.07) is 9.22. The zero-order valence-electron chi connectivity index (χ0n) is 30.4. The predicted octanol–water partition coefficient (Wildman–Crippen LogP) is 7.10. The number of phenolic OH excluding ortho intramolecular Hbond substituents is 1. The molecule has 0 spiro atoms. The first-order valence-electron chi connectivity index (χ1n) is 17.0. The highest BCUT2D eigenvalue weighted by atomic mass is 16.6. The molecule has 0 aliphatic carbocycles. The van der Waals surface area contributed by atoms with Crippen molar-refractivity contribution >= 4 is 28.9 Å². The molecule has 0 radical (unpaired) electrons. The molecule has 0 bridgehead atoms. The maximum absolute atomic E-state index is 13.6. The normalized spacial score (nSPS) is 21.8. The zero-order valence-corrected chi connectivity index (χ0v) is 30.4. The van der Waals surface area contributed by atoms with Crippen molar-refractivity contribution in [3.63, 3.8) is 0 Å². The van der Waals surface area contributed by atoms with E-state index < -0.39 is 36.5 Å². The van der Waals surface area contributed by atoms with E-state index in [1.165, 1.54) is 23.6 Å². The maximum Gasteiger partial charge on any atom is 0.335 e. The lowest BCUT2D eigenvalue weighted by molar-refractivity contribution is -0.223. The van der Waals surface area contributed by atoms with E-state index in [1.807, 2.05) is 38.7 Å². The van der Waals surface area contributed by atoms with Gasteiger partial charge >= 0.3 is 5.97 Å². The summed E-state index contributed by atoms with van der Waals surface area (Å²) < 4.78 is 4.78. The molecular weight excluding hydrogens is 624 g/mol. The number of nitrogens with zero attached hydrogens (tertiary/aromatic N) is 1. The van der Waals surface area contributed by atoms with Crippen molar-refractivity contribution in [1.82, 2.24) is 0 Å². The number of aryl methyl sites for hydroxylation is 2. The fourth-order valence-electron chi connectivity index (χ4n) is 5.57. The third kappa shape index (κ3) is 11.3. The van der Waals surface area contributed by atoms with Crippen LogP contribution in [0.4, 0.5) is 17.1 Å². The Kier molecular flexibility index (Phi) is 16.2. The molecule has 1 saturated heterocycles. The summed E-state index contributed by atoms with van der Waals surface area (Å²) in [6.07, 6.45) is 4.32. The lowest BCUT2D eigenvalue weighted by Crippen LogP contribution is -2.58. The number of benzene rings is 2. The van der Waals surface area contributed by atoms with Gasteiger partial charge in [-0.2, -0.15) is 0 Å². The predicted molar refractivity (Wildman–Crippen MR) is 196 cm³/mol. The number of anilines is 3. The molecule has 1 fully saturated rings. The van der Waals surface area contributed by atoms with Crippen LogP contribution in [0.25, 0.3) is 0 Å². The molecule has 0 aromatic heterocycles. The van der Waals surface area contributed by atoms with E-state index in [-0.39, 0.29) is 11.7 Å². The van der Waals surface area contributed by atoms with E-state index in [0.717, 1.165) is 48.2 Å². The van der Waals surface area contributed by atoms with E-state index in [4.69, 9.17) is 9.84 Å². The highest BCUT2D eigenvalue weighted by molar-refractivity contribution is 6.14.